The molecule has 3 nitrogen and oxygen atoms in total. The number of anilines is 1. The Labute approximate surface area is 123 Å². The molecule has 0 bridgehead atoms. The lowest BCUT2D eigenvalue weighted by Crippen LogP contribution is -2.38. The summed E-state index contributed by atoms with van der Waals surface area (Å²) in [4.78, 5) is 9.74. The maximum Gasteiger partial charge on any atom is 0.128 e. The Kier molecular flexibility index (Phi) is 4.56. The van der Waals surface area contributed by atoms with Gasteiger partial charge in [-0.1, -0.05) is 13.0 Å². The molecule has 110 valence electrons. The van der Waals surface area contributed by atoms with Gasteiger partial charge in [-0.2, -0.15) is 0 Å². The van der Waals surface area contributed by atoms with Crippen molar-refractivity contribution in [2.45, 2.75) is 39.0 Å². The normalized spacial score (nSPS) is 21.6. The second-order valence-electron chi connectivity index (χ2n) is 6.32. The first-order valence-corrected chi connectivity index (χ1v) is 8.27. The van der Waals surface area contributed by atoms with Gasteiger partial charge in [0.1, 0.15) is 5.82 Å². The quantitative estimate of drug-likeness (QED) is 0.841. The molecule has 3 heterocycles. The molecule has 3 rings (SSSR count). The summed E-state index contributed by atoms with van der Waals surface area (Å²) in [5.41, 5.74) is 1.33. The Morgan fingerprint density at radius 2 is 1.85 bits per heavy atom. The van der Waals surface area contributed by atoms with E-state index >= 15 is 0 Å². The lowest BCUT2D eigenvalue weighted by Gasteiger charge is -2.34. The van der Waals surface area contributed by atoms with Gasteiger partial charge < -0.3 is 9.80 Å². The number of likely N-dealkylation sites (tertiary alicyclic amines) is 1. The van der Waals surface area contributed by atoms with Crippen LogP contribution in [0.3, 0.4) is 0 Å². The molecule has 0 unspecified atom stereocenters. The van der Waals surface area contributed by atoms with Gasteiger partial charge in [0.15, 0.2) is 0 Å². The molecule has 0 aliphatic carbocycles. The van der Waals surface area contributed by atoms with Crippen LogP contribution >= 0.6 is 0 Å². The van der Waals surface area contributed by atoms with Gasteiger partial charge in [-0.25, -0.2) is 4.98 Å². The standard InChI is InChI=1S/C17H27N3/c1-2-15-5-6-17(18-13-15)20-11-7-16(8-12-20)14-19-9-3-4-10-19/h5-6,13,16H,2-4,7-12,14H2,1H3. The third-order valence-electron chi connectivity index (χ3n) is 4.87. The Bertz CT molecular complexity index is 401. The highest BCUT2D eigenvalue weighted by Gasteiger charge is 2.23. The summed E-state index contributed by atoms with van der Waals surface area (Å²) in [5, 5.41) is 0. The zero-order valence-corrected chi connectivity index (χ0v) is 12.7. The van der Waals surface area contributed by atoms with E-state index in [2.05, 4.69) is 33.8 Å². The second kappa shape index (κ2) is 6.57. The van der Waals surface area contributed by atoms with E-state index in [1.165, 1.54) is 69.8 Å². The van der Waals surface area contributed by atoms with Crippen LogP contribution in [0.2, 0.25) is 0 Å². The Morgan fingerprint density at radius 3 is 2.45 bits per heavy atom. The fourth-order valence-electron chi connectivity index (χ4n) is 3.49. The van der Waals surface area contributed by atoms with Crippen LogP contribution in [-0.2, 0) is 6.42 Å². The van der Waals surface area contributed by atoms with Crippen molar-refractivity contribution < 1.29 is 0 Å². The summed E-state index contributed by atoms with van der Waals surface area (Å²) in [5.74, 6) is 2.07. The number of aryl methyl sites for hydroxylation is 1. The van der Waals surface area contributed by atoms with Gasteiger partial charge in [-0.15, -0.1) is 0 Å². The lowest BCUT2D eigenvalue weighted by molar-refractivity contribution is 0.249. The predicted octanol–water partition coefficient (Wildman–Crippen LogP) is 2.96. The van der Waals surface area contributed by atoms with Crippen LogP contribution in [0, 0.1) is 5.92 Å². The lowest BCUT2D eigenvalue weighted by atomic mass is 9.96. The Hall–Kier alpha value is -1.09. The molecule has 2 aliphatic heterocycles. The van der Waals surface area contributed by atoms with Gasteiger partial charge in [-0.05, 0) is 62.7 Å². The zero-order chi connectivity index (χ0) is 13.8. The first-order valence-electron chi connectivity index (χ1n) is 8.27. The molecular formula is C17H27N3. The molecular weight excluding hydrogens is 246 g/mol. The highest BCUT2D eigenvalue weighted by atomic mass is 15.2. The molecule has 1 aromatic rings. The minimum Gasteiger partial charge on any atom is -0.357 e. The number of rotatable bonds is 4. The molecule has 2 saturated heterocycles. The van der Waals surface area contributed by atoms with E-state index < -0.39 is 0 Å². The third-order valence-corrected chi connectivity index (χ3v) is 4.87. The Morgan fingerprint density at radius 1 is 1.10 bits per heavy atom. The fraction of sp³-hybridized carbons (Fsp3) is 0.706. The Balaban J connectivity index is 1.49. The van der Waals surface area contributed by atoms with Gasteiger partial charge in [0, 0.05) is 25.8 Å². The van der Waals surface area contributed by atoms with E-state index in [4.69, 9.17) is 0 Å². The maximum atomic E-state index is 4.62. The molecule has 0 aromatic carbocycles. The van der Waals surface area contributed by atoms with Gasteiger partial charge in [0.25, 0.3) is 0 Å². The summed E-state index contributed by atoms with van der Waals surface area (Å²) in [6.07, 6.45) is 8.58. The molecule has 2 aliphatic rings. The average Bonchev–Trinajstić information content (AvgIpc) is 3.01. The molecule has 3 heteroatoms. The number of piperidine rings is 1. The van der Waals surface area contributed by atoms with Gasteiger partial charge in [0.2, 0.25) is 0 Å². The molecule has 0 saturated carbocycles. The summed E-state index contributed by atoms with van der Waals surface area (Å²) in [6.45, 7) is 8.53. The smallest absolute Gasteiger partial charge is 0.128 e. The molecule has 2 fully saturated rings. The van der Waals surface area contributed by atoms with Crippen LogP contribution in [0.4, 0.5) is 5.82 Å². The molecule has 0 atom stereocenters. The molecule has 1 aromatic heterocycles. The largest absolute Gasteiger partial charge is 0.357 e. The fourth-order valence-corrected chi connectivity index (χ4v) is 3.49. The molecule has 20 heavy (non-hydrogen) atoms. The van der Waals surface area contributed by atoms with E-state index in [1.54, 1.807) is 0 Å². The first-order chi connectivity index (χ1) is 9.85. The number of nitrogens with zero attached hydrogens (tertiary/aromatic N) is 3. The molecule has 0 radical (unpaired) electrons. The first kappa shape index (κ1) is 13.9. The monoisotopic (exact) mass is 273 g/mol. The van der Waals surface area contributed by atoms with Crippen molar-refractivity contribution in [2.75, 3.05) is 37.6 Å². The molecule has 0 spiro atoms. The van der Waals surface area contributed by atoms with Crippen LogP contribution in [0.15, 0.2) is 18.3 Å². The second-order valence-corrected chi connectivity index (χ2v) is 6.32. The zero-order valence-electron chi connectivity index (χ0n) is 12.7. The van der Waals surface area contributed by atoms with Gasteiger partial charge in [0.05, 0.1) is 0 Å². The SMILES string of the molecule is CCc1ccc(N2CCC(CN3CCCC3)CC2)nc1. The van der Waals surface area contributed by atoms with Crippen LogP contribution in [0.1, 0.15) is 38.2 Å². The van der Waals surface area contributed by atoms with Crippen LogP contribution < -0.4 is 4.90 Å². The van der Waals surface area contributed by atoms with E-state index in [0.29, 0.717) is 0 Å². The van der Waals surface area contributed by atoms with Crippen molar-refractivity contribution in [1.82, 2.24) is 9.88 Å². The molecule has 0 amide bonds. The topological polar surface area (TPSA) is 19.4 Å². The summed E-state index contributed by atoms with van der Waals surface area (Å²) in [7, 11) is 0. The van der Waals surface area contributed by atoms with Crippen LogP contribution in [-0.4, -0.2) is 42.6 Å². The number of pyridine rings is 1. The summed E-state index contributed by atoms with van der Waals surface area (Å²) >= 11 is 0. The summed E-state index contributed by atoms with van der Waals surface area (Å²) < 4.78 is 0. The van der Waals surface area contributed by atoms with Crippen molar-refractivity contribution in [2.24, 2.45) is 5.92 Å². The van der Waals surface area contributed by atoms with Gasteiger partial charge in [-0.3, -0.25) is 0 Å². The van der Waals surface area contributed by atoms with Crippen LogP contribution in [0.5, 0.6) is 0 Å². The van der Waals surface area contributed by atoms with E-state index in [0.717, 1.165) is 12.3 Å². The van der Waals surface area contributed by atoms with Crippen molar-refractivity contribution >= 4 is 5.82 Å². The summed E-state index contributed by atoms with van der Waals surface area (Å²) in [6, 6.07) is 4.41. The number of aromatic nitrogens is 1. The minimum atomic E-state index is 0.902. The van der Waals surface area contributed by atoms with Crippen molar-refractivity contribution in [3.63, 3.8) is 0 Å². The third kappa shape index (κ3) is 3.32. The highest BCUT2D eigenvalue weighted by Crippen LogP contribution is 2.23. The predicted molar refractivity (Wildman–Crippen MR) is 84.2 cm³/mol. The van der Waals surface area contributed by atoms with E-state index in [1.807, 2.05) is 6.20 Å². The maximum absolute atomic E-state index is 4.62. The minimum absolute atomic E-state index is 0.902. The van der Waals surface area contributed by atoms with E-state index in [9.17, 15) is 0 Å². The van der Waals surface area contributed by atoms with Crippen LogP contribution in [0.25, 0.3) is 0 Å². The number of hydrogen-bond donors (Lipinski definition) is 0. The van der Waals surface area contributed by atoms with Crippen molar-refractivity contribution in [3.8, 4) is 0 Å². The van der Waals surface area contributed by atoms with Gasteiger partial charge >= 0.3 is 0 Å². The van der Waals surface area contributed by atoms with E-state index in [-0.39, 0.29) is 0 Å². The van der Waals surface area contributed by atoms with Crippen molar-refractivity contribution in [3.05, 3.63) is 23.9 Å². The highest BCUT2D eigenvalue weighted by molar-refractivity contribution is 5.39. The molecule has 0 N–H and O–H groups in total. The van der Waals surface area contributed by atoms with Crippen molar-refractivity contribution in [1.29, 1.82) is 0 Å². The number of hydrogen-bond acceptors (Lipinski definition) is 3. The average molecular weight is 273 g/mol.